The zero-order valence-electron chi connectivity index (χ0n) is 8.84. The van der Waals surface area contributed by atoms with Gasteiger partial charge in [-0.25, -0.2) is 0 Å². The van der Waals surface area contributed by atoms with Gasteiger partial charge in [-0.05, 0) is 24.0 Å². The van der Waals surface area contributed by atoms with Crippen LogP contribution in [0.15, 0.2) is 29.2 Å². The third-order valence-electron chi connectivity index (χ3n) is 2.50. The molecular weight excluding hydrogens is 242 g/mol. The second-order valence-electron chi connectivity index (χ2n) is 3.54. The lowest BCUT2D eigenvalue weighted by Gasteiger charge is -2.11. The first-order chi connectivity index (χ1) is 7.70. The number of carboxylic acid groups (broad SMARTS) is 1. The minimum Gasteiger partial charge on any atom is -0.480 e. The minimum atomic E-state index is -0.768. The Morgan fingerprint density at radius 2 is 2.19 bits per heavy atom. The Balaban J connectivity index is 2.05. The Hall–Kier alpha value is -0.650. The number of aliphatic carboxylic acids is 1. The molecule has 0 amide bonds. The summed E-state index contributed by atoms with van der Waals surface area (Å²) in [6.07, 6.45) is 2.04. The molecule has 1 aliphatic heterocycles. The van der Waals surface area contributed by atoms with Crippen molar-refractivity contribution in [3.8, 4) is 0 Å². The van der Waals surface area contributed by atoms with Crippen molar-refractivity contribution in [1.29, 1.82) is 0 Å². The summed E-state index contributed by atoms with van der Waals surface area (Å²) in [4.78, 5) is 12.0. The van der Waals surface area contributed by atoms with Crippen molar-refractivity contribution in [2.75, 3.05) is 12.0 Å². The van der Waals surface area contributed by atoms with Gasteiger partial charge in [-0.3, -0.25) is 10.1 Å². The molecule has 2 N–H and O–H groups in total. The first kappa shape index (κ1) is 11.8. The predicted molar refractivity (Wildman–Crippen MR) is 68.0 cm³/mol. The SMILES string of the molecule is CSc1ccc([C@@H]2N[C@H](C(=O)O)CS2)cc1. The molecule has 0 aliphatic carbocycles. The van der Waals surface area contributed by atoms with Gasteiger partial charge in [0.05, 0.1) is 5.37 Å². The van der Waals surface area contributed by atoms with Crippen molar-refractivity contribution in [2.45, 2.75) is 16.3 Å². The molecule has 0 bridgehead atoms. The van der Waals surface area contributed by atoms with Crippen LogP contribution in [0.4, 0.5) is 0 Å². The van der Waals surface area contributed by atoms with Crippen LogP contribution in [0, 0.1) is 0 Å². The fraction of sp³-hybridized carbons (Fsp3) is 0.364. The molecule has 0 saturated carbocycles. The van der Waals surface area contributed by atoms with E-state index >= 15 is 0 Å². The van der Waals surface area contributed by atoms with E-state index in [9.17, 15) is 4.79 Å². The van der Waals surface area contributed by atoms with Gasteiger partial charge in [-0.1, -0.05) is 12.1 Å². The van der Waals surface area contributed by atoms with Crippen molar-refractivity contribution < 1.29 is 9.90 Å². The first-order valence-corrected chi connectivity index (χ1v) is 7.22. The van der Waals surface area contributed by atoms with Gasteiger partial charge in [0, 0.05) is 10.6 Å². The number of thioether (sulfide) groups is 2. The highest BCUT2D eigenvalue weighted by atomic mass is 32.2. The van der Waals surface area contributed by atoms with Crippen LogP contribution >= 0.6 is 23.5 Å². The zero-order chi connectivity index (χ0) is 11.5. The molecule has 2 rings (SSSR count). The maximum atomic E-state index is 10.8. The van der Waals surface area contributed by atoms with Gasteiger partial charge in [0.15, 0.2) is 0 Å². The van der Waals surface area contributed by atoms with Gasteiger partial charge >= 0.3 is 5.97 Å². The highest BCUT2D eigenvalue weighted by Crippen LogP contribution is 2.33. The number of hydrogen-bond acceptors (Lipinski definition) is 4. The Bertz CT molecular complexity index is 380. The van der Waals surface area contributed by atoms with Crippen LogP contribution in [0.2, 0.25) is 0 Å². The van der Waals surface area contributed by atoms with Crippen LogP contribution in [-0.2, 0) is 4.79 Å². The fourth-order valence-corrected chi connectivity index (χ4v) is 3.23. The van der Waals surface area contributed by atoms with Gasteiger partial charge in [0.25, 0.3) is 0 Å². The molecule has 0 unspecified atom stereocenters. The highest BCUT2D eigenvalue weighted by Gasteiger charge is 2.29. The van der Waals surface area contributed by atoms with Crippen LogP contribution in [0.25, 0.3) is 0 Å². The van der Waals surface area contributed by atoms with Crippen LogP contribution in [0.3, 0.4) is 0 Å². The number of benzene rings is 1. The molecular formula is C11H13NO2S2. The van der Waals surface area contributed by atoms with E-state index in [4.69, 9.17) is 5.11 Å². The van der Waals surface area contributed by atoms with E-state index < -0.39 is 12.0 Å². The Kier molecular flexibility index (Phi) is 3.78. The molecule has 1 aliphatic rings. The van der Waals surface area contributed by atoms with E-state index in [2.05, 4.69) is 29.6 Å². The maximum absolute atomic E-state index is 10.8. The first-order valence-electron chi connectivity index (χ1n) is 4.95. The average molecular weight is 255 g/mol. The smallest absolute Gasteiger partial charge is 0.321 e. The summed E-state index contributed by atoms with van der Waals surface area (Å²) in [6.45, 7) is 0. The lowest BCUT2D eigenvalue weighted by Crippen LogP contribution is -2.33. The standard InChI is InChI=1S/C11H13NO2S2/c1-15-8-4-2-7(3-5-8)10-12-9(6-16-10)11(13)14/h2-5,9-10,12H,6H2,1H3,(H,13,14)/t9-,10+/m0/s1. The number of carbonyl (C=O) groups is 1. The third-order valence-corrected chi connectivity index (χ3v) is 4.51. The maximum Gasteiger partial charge on any atom is 0.321 e. The van der Waals surface area contributed by atoms with Gasteiger partial charge < -0.3 is 5.11 Å². The van der Waals surface area contributed by atoms with E-state index in [1.54, 1.807) is 23.5 Å². The molecule has 3 nitrogen and oxygen atoms in total. The summed E-state index contributed by atoms with van der Waals surface area (Å²) in [5.74, 6) is -0.139. The van der Waals surface area contributed by atoms with E-state index in [0.717, 1.165) is 5.56 Å². The molecule has 86 valence electrons. The summed E-state index contributed by atoms with van der Waals surface area (Å²) >= 11 is 3.35. The quantitative estimate of drug-likeness (QED) is 0.811. The lowest BCUT2D eigenvalue weighted by atomic mass is 10.2. The normalized spacial score (nSPS) is 24.6. The van der Waals surface area contributed by atoms with E-state index in [0.29, 0.717) is 5.75 Å². The molecule has 0 spiro atoms. The summed E-state index contributed by atoms with van der Waals surface area (Å²) in [5, 5.41) is 12.1. The van der Waals surface area contributed by atoms with Gasteiger partial charge in [0.2, 0.25) is 0 Å². The van der Waals surface area contributed by atoms with Crippen LogP contribution < -0.4 is 5.32 Å². The fourth-order valence-electron chi connectivity index (χ4n) is 1.59. The van der Waals surface area contributed by atoms with Crippen molar-refractivity contribution in [2.24, 2.45) is 0 Å². The molecule has 1 aromatic carbocycles. The Morgan fingerprint density at radius 1 is 1.50 bits per heavy atom. The predicted octanol–water partition coefficient (Wildman–Crippen LogP) is 2.20. The van der Waals surface area contributed by atoms with Crippen LogP contribution in [0.1, 0.15) is 10.9 Å². The molecule has 5 heteroatoms. The van der Waals surface area contributed by atoms with E-state index in [-0.39, 0.29) is 5.37 Å². The van der Waals surface area contributed by atoms with Crippen molar-refractivity contribution in [1.82, 2.24) is 5.32 Å². The number of carboxylic acids is 1. The van der Waals surface area contributed by atoms with E-state index in [1.807, 2.05) is 6.26 Å². The molecule has 1 fully saturated rings. The summed E-state index contributed by atoms with van der Waals surface area (Å²) < 4.78 is 0. The van der Waals surface area contributed by atoms with Crippen molar-refractivity contribution >= 4 is 29.5 Å². The molecule has 0 aromatic heterocycles. The molecule has 1 heterocycles. The second-order valence-corrected chi connectivity index (χ2v) is 5.56. The van der Waals surface area contributed by atoms with Gasteiger partial charge in [0.1, 0.15) is 6.04 Å². The molecule has 1 saturated heterocycles. The lowest BCUT2D eigenvalue weighted by molar-refractivity contribution is -0.138. The van der Waals surface area contributed by atoms with Gasteiger partial charge in [-0.15, -0.1) is 23.5 Å². The Labute approximate surface area is 103 Å². The molecule has 16 heavy (non-hydrogen) atoms. The minimum absolute atomic E-state index is 0.108. The summed E-state index contributed by atoms with van der Waals surface area (Å²) in [5.41, 5.74) is 1.14. The summed E-state index contributed by atoms with van der Waals surface area (Å²) in [7, 11) is 0. The topological polar surface area (TPSA) is 49.3 Å². The molecule has 1 aromatic rings. The van der Waals surface area contributed by atoms with E-state index in [1.165, 1.54) is 4.90 Å². The zero-order valence-corrected chi connectivity index (χ0v) is 10.5. The largest absolute Gasteiger partial charge is 0.480 e. The van der Waals surface area contributed by atoms with Crippen LogP contribution in [-0.4, -0.2) is 29.1 Å². The summed E-state index contributed by atoms with van der Waals surface area (Å²) in [6, 6.07) is 7.82. The van der Waals surface area contributed by atoms with Gasteiger partial charge in [-0.2, -0.15) is 0 Å². The van der Waals surface area contributed by atoms with Crippen molar-refractivity contribution in [3.63, 3.8) is 0 Å². The number of nitrogens with one attached hydrogen (secondary N) is 1. The highest BCUT2D eigenvalue weighted by molar-refractivity contribution is 7.99. The number of rotatable bonds is 3. The third kappa shape index (κ3) is 2.53. The molecule has 0 radical (unpaired) electrons. The monoisotopic (exact) mass is 255 g/mol. The second kappa shape index (κ2) is 5.12. The number of hydrogen-bond donors (Lipinski definition) is 2. The average Bonchev–Trinajstić information content (AvgIpc) is 2.78. The van der Waals surface area contributed by atoms with Crippen LogP contribution in [0.5, 0.6) is 0 Å². The molecule has 2 atom stereocenters. The van der Waals surface area contributed by atoms with Crippen molar-refractivity contribution in [3.05, 3.63) is 29.8 Å². The Morgan fingerprint density at radius 3 is 2.69 bits per heavy atom.